The third kappa shape index (κ3) is 3.52. The number of nitrogens with zero attached hydrogens (tertiary/aromatic N) is 2. The molecule has 1 aromatic rings. The highest BCUT2D eigenvalue weighted by Gasteiger charge is 2.52. The number of ether oxygens (including phenoxy) is 2. The average molecular weight is 420 g/mol. The fourth-order valence-corrected chi connectivity index (χ4v) is 5.49. The zero-order chi connectivity index (χ0) is 20.6. The van der Waals surface area contributed by atoms with E-state index in [-0.39, 0.29) is 36.7 Å². The maximum absolute atomic E-state index is 13.0. The number of imide groups is 1. The number of rotatable bonds is 5. The van der Waals surface area contributed by atoms with Crippen molar-refractivity contribution < 1.29 is 23.9 Å². The van der Waals surface area contributed by atoms with Crippen molar-refractivity contribution in [3.05, 3.63) is 18.2 Å². The molecule has 0 bridgehead atoms. The second-order valence-electron chi connectivity index (χ2n) is 7.65. The van der Waals surface area contributed by atoms with Gasteiger partial charge in [-0.1, -0.05) is 0 Å². The summed E-state index contributed by atoms with van der Waals surface area (Å²) in [6, 6.07) is 4.96. The largest absolute Gasteiger partial charge is 0.497 e. The zero-order valence-electron chi connectivity index (χ0n) is 16.6. The number of benzene rings is 1. The first kappa shape index (κ1) is 19.9. The highest BCUT2D eigenvalue weighted by molar-refractivity contribution is 7.99. The van der Waals surface area contributed by atoms with E-state index in [9.17, 15) is 14.4 Å². The molecule has 0 aliphatic carbocycles. The Labute approximate surface area is 173 Å². The van der Waals surface area contributed by atoms with E-state index in [0.717, 1.165) is 11.5 Å². The number of thioether (sulfide) groups is 1. The van der Waals surface area contributed by atoms with Crippen LogP contribution in [0.4, 0.5) is 10.5 Å². The van der Waals surface area contributed by atoms with Crippen molar-refractivity contribution in [2.45, 2.75) is 24.8 Å². The van der Waals surface area contributed by atoms with E-state index >= 15 is 0 Å². The number of methoxy groups -OCH3 is 2. The predicted octanol–water partition coefficient (Wildman–Crippen LogP) is 1.87. The van der Waals surface area contributed by atoms with E-state index in [2.05, 4.69) is 5.32 Å². The van der Waals surface area contributed by atoms with Crippen LogP contribution in [0.2, 0.25) is 0 Å². The Hall–Kier alpha value is -2.42. The van der Waals surface area contributed by atoms with Crippen molar-refractivity contribution in [1.29, 1.82) is 0 Å². The van der Waals surface area contributed by atoms with E-state index in [4.69, 9.17) is 9.47 Å². The molecule has 3 aliphatic rings. The zero-order valence-corrected chi connectivity index (χ0v) is 17.4. The molecule has 0 radical (unpaired) electrons. The van der Waals surface area contributed by atoms with Crippen LogP contribution in [0.3, 0.4) is 0 Å². The number of amides is 4. The molecule has 9 heteroatoms. The summed E-state index contributed by atoms with van der Waals surface area (Å²) >= 11 is 1.80. The molecule has 3 saturated heterocycles. The van der Waals surface area contributed by atoms with Gasteiger partial charge in [-0.25, -0.2) is 4.79 Å². The lowest BCUT2D eigenvalue weighted by atomic mass is 9.92. The minimum absolute atomic E-state index is 0.0580. The molecular formula is C20H25N3O5S. The summed E-state index contributed by atoms with van der Waals surface area (Å²) in [7, 11) is 3.12. The Kier molecular flexibility index (Phi) is 5.33. The Bertz CT molecular complexity index is 839. The molecule has 3 heterocycles. The Morgan fingerprint density at radius 1 is 1.17 bits per heavy atom. The number of carbonyl (C=O) groups is 3. The molecule has 0 aromatic heterocycles. The summed E-state index contributed by atoms with van der Waals surface area (Å²) in [5.41, 5.74) is -0.113. The smallest absolute Gasteiger partial charge is 0.325 e. The van der Waals surface area contributed by atoms with Crippen LogP contribution < -0.4 is 19.7 Å². The van der Waals surface area contributed by atoms with Gasteiger partial charge in [0.15, 0.2) is 0 Å². The Balaban J connectivity index is 1.49. The highest BCUT2D eigenvalue weighted by atomic mass is 32.2. The average Bonchev–Trinajstić information content (AvgIpc) is 3.20. The number of urea groups is 1. The lowest BCUT2D eigenvalue weighted by Gasteiger charge is -2.30. The number of carbonyl (C=O) groups excluding carboxylic acids is 3. The fraction of sp³-hybridized carbons (Fsp3) is 0.550. The van der Waals surface area contributed by atoms with Gasteiger partial charge in [0.1, 0.15) is 17.0 Å². The first-order valence-corrected chi connectivity index (χ1v) is 10.9. The maximum atomic E-state index is 13.0. The summed E-state index contributed by atoms with van der Waals surface area (Å²) in [4.78, 5) is 41.2. The lowest BCUT2D eigenvalue weighted by Crippen LogP contribution is -2.49. The molecular weight excluding hydrogens is 394 g/mol. The molecule has 156 valence electrons. The topological polar surface area (TPSA) is 88.2 Å². The van der Waals surface area contributed by atoms with E-state index in [1.54, 1.807) is 49.1 Å². The number of nitrogens with one attached hydrogen (secondary N) is 1. The van der Waals surface area contributed by atoms with Gasteiger partial charge < -0.3 is 19.7 Å². The maximum Gasteiger partial charge on any atom is 0.325 e. The molecule has 1 unspecified atom stereocenters. The van der Waals surface area contributed by atoms with Gasteiger partial charge in [-0.15, -0.1) is 0 Å². The molecule has 4 rings (SSSR count). The first-order chi connectivity index (χ1) is 14.0. The summed E-state index contributed by atoms with van der Waals surface area (Å²) in [6.07, 6.45) is 1.60. The third-order valence-electron chi connectivity index (χ3n) is 5.91. The predicted molar refractivity (Wildman–Crippen MR) is 110 cm³/mol. The normalized spacial score (nSPS) is 23.7. The number of anilines is 1. The number of hydrogen-bond donors (Lipinski definition) is 1. The van der Waals surface area contributed by atoms with E-state index in [1.165, 1.54) is 4.90 Å². The number of hydrogen-bond acceptors (Lipinski definition) is 6. The van der Waals surface area contributed by atoms with Crippen LogP contribution in [0, 0.1) is 5.92 Å². The van der Waals surface area contributed by atoms with Crippen LogP contribution in [0.15, 0.2) is 18.2 Å². The van der Waals surface area contributed by atoms with E-state index in [1.807, 2.05) is 0 Å². The van der Waals surface area contributed by atoms with E-state index < -0.39 is 5.54 Å². The van der Waals surface area contributed by atoms with Crippen molar-refractivity contribution in [3.63, 3.8) is 0 Å². The lowest BCUT2D eigenvalue weighted by molar-refractivity contribution is -0.132. The van der Waals surface area contributed by atoms with E-state index in [0.29, 0.717) is 36.6 Å². The third-order valence-corrected chi connectivity index (χ3v) is 6.90. The van der Waals surface area contributed by atoms with Crippen molar-refractivity contribution in [1.82, 2.24) is 10.2 Å². The molecule has 3 fully saturated rings. The van der Waals surface area contributed by atoms with Crippen molar-refractivity contribution in [2.24, 2.45) is 5.92 Å². The van der Waals surface area contributed by atoms with Gasteiger partial charge >= 0.3 is 6.03 Å². The molecule has 1 spiro atoms. The fourth-order valence-electron chi connectivity index (χ4n) is 4.30. The van der Waals surface area contributed by atoms with Gasteiger partial charge in [-0.05, 0) is 36.5 Å². The van der Waals surface area contributed by atoms with Gasteiger partial charge in [0, 0.05) is 31.5 Å². The van der Waals surface area contributed by atoms with Crippen molar-refractivity contribution in [2.75, 3.05) is 43.7 Å². The second kappa shape index (κ2) is 7.78. The minimum Gasteiger partial charge on any atom is -0.497 e. The van der Waals surface area contributed by atoms with Gasteiger partial charge in [0.25, 0.3) is 5.91 Å². The minimum atomic E-state index is -0.749. The van der Waals surface area contributed by atoms with Crippen LogP contribution in [-0.4, -0.2) is 67.1 Å². The highest BCUT2D eigenvalue weighted by Crippen LogP contribution is 2.37. The van der Waals surface area contributed by atoms with Crippen LogP contribution in [0.1, 0.15) is 19.3 Å². The quantitative estimate of drug-likeness (QED) is 0.733. The van der Waals surface area contributed by atoms with Gasteiger partial charge in [0.05, 0.1) is 19.9 Å². The molecule has 4 amide bonds. The monoisotopic (exact) mass is 419 g/mol. The van der Waals surface area contributed by atoms with Gasteiger partial charge in [-0.2, -0.15) is 11.8 Å². The Morgan fingerprint density at radius 3 is 2.62 bits per heavy atom. The summed E-state index contributed by atoms with van der Waals surface area (Å²) in [6.45, 7) is 0.663. The first-order valence-electron chi connectivity index (χ1n) is 9.71. The summed E-state index contributed by atoms with van der Waals surface area (Å²) in [5.74, 6) is 2.61. The molecule has 1 N–H and O–H groups in total. The van der Waals surface area contributed by atoms with Crippen LogP contribution in [0.25, 0.3) is 0 Å². The summed E-state index contributed by atoms with van der Waals surface area (Å²) in [5, 5.41) is 2.92. The van der Waals surface area contributed by atoms with Crippen LogP contribution in [-0.2, 0) is 9.59 Å². The molecule has 0 saturated carbocycles. The molecule has 29 heavy (non-hydrogen) atoms. The van der Waals surface area contributed by atoms with Gasteiger partial charge in [0.2, 0.25) is 5.91 Å². The van der Waals surface area contributed by atoms with Crippen LogP contribution in [0.5, 0.6) is 11.5 Å². The Morgan fingerprint density at radius 2 is 1.93 bits per heavy atom. The standard InChI is InChI=1S/C20H25N3O5S/c1-27-14-3-4-16(28-2)15(10-14)22-11-13(9-17(22)24)12-23-18(25)20(21-19(23)26)5-7-29-8-6-20/h3-4,10,13H,5-9,11-12H2,1-2H3,(H,21,26). The van der Waals surface area contributed by atoms with Gasteiger partial charge in [-0.3, -0.25) is 14.5 Å². The molecule has 3 aliphatic heterocycles. The molecule has 8 nitrogen and oxygen atoms in total. The molecule has 1 aromatic carbocycles. The summed E-state index contributed by atoms with van der Waals surface area (Å²) < 4.78 is 10.7. The second-order valence-corrected chi connectivity index (χ2v) is 8.88. The van der Waals surface area contributed by atoms with Crippen molar-refractivity contribution >= 4 is 35.3 Å². The molecule has 1 atom stereocenters. The SMILES string of the molecule is COc1ccc(OC)c(N2CC(CN3C(=O)NC4(CCSCC4)C3=O)CC2=O)c1. The van der Waals surface area contributed by atoms with Crippen molar-refractivity contribution in [3.8, 4) is 11.5 Å². The van der Waals surface area contributed by atoms with Crippen LogP contribution >= 0.6 is 11.8 Å².